The van der Waals surface area contributed by atoms with Gasteiger partial charge in [0.1, 0.15) is 0 Å². The minimum atomic E-state index is -0.520. The third-order valence-electron chi connectivity index (χ3n) is 3.14. The summed E-state index contributed by atoms with van der Waals surface area (Å²) in [6, 6.07) is 17.7. The first-order valence-electron chi connectivity index (χ1n) is 6.11. The largest absolute Gasteiger partial charge is 0.388 e. The van der Waals surface area contributed by atoms with Gasteiger partial charge in [-0.2, -0.15) is 0 Å². The number of alkyl halides is 1. The Bertz CT molecular complexity index is 495. The topological polar surface area (TPSA) is 20.2 Å². The lowest BCUT2D eigenvalue weighted by Gasteiger charge is -2.17. The highest BCUT2D eigenvalue weighted by Crippen LogP contribution is 2.32. The van der Waals surface area contributed by atoms with E-state index >= 15 is 0 Å². The molecule has 0 aliphatic heterocycles. The zero-order valence-corrected chi connectivity index (χ0v) is 11.1. The lowest BCUT2D eigenvalue weighted by Crippen LogP contribution is -2.03. The third kappa shape index (κ3) is 3.12. The molecule has 0 aliphatic rings. The molecule has 0 unspecified atom stereocenters. The standard InChI is InChI=1S/C16H17ClO/c1-12-7-5-6-10-14(12)16(18)11-15(17)13-8-3-2-4-9-13/h2-10,15-16,18H,11H2,1H3/t15-,16-/m1/s1. The molecule has 0 heterocycles. The summed E-state index contributed by atoms with van der Waals surface area (Å²) in [5, 5.41) is 10.1. The molecule has 2 atom stereocenters. The number of hydrogen-bond donors (Lipinski definition) is 1. The zero-order chi connectivity index (χ0) is 13.0. The summed E-state index contributed by atoms with van der Waals surface area (Å²) < 4.78 is 0. The molecule has 94 valence electrons. The quantitative estimate of drug-likeness (QED) is 0.808. The second-order valence-corrected chi connectivity index (χ2v) is 5.01. The van der Waals surface area contributed by atoms with Gasteiger partial charge in [-0.25, -0.2) is 0 Å². The Hall–Kier alpha value is -1.31. The number of aliphatic hydroxyl groups excluding tert-OH is 1. The Morgan fingerprint density at radius 2 is 1.61 bits per heavy atom. The van der Waals surface area contributed by atoms with Crippen molar-refractivity contribution in [3.63, 3.8) is 0 Å². The van der Waals surface area contributed by atoms with Gasteiger partial charge >= 0.3 is 0 Å². The van der Waals surface area contributed by atoms with Gasteiger partial charge in [0, 0.05) is 0 Å². The van der Waals surface area contributed by atoms with Gasteiger partial charge < -0.3 is 5.11 Å². The maximum Gasteiger partial charge on any atom is 0.0810 e. The highest BCUT2D eigenvalue weighted by molar-refractivity contribution is 6.20. The average Bonchev–Trinajstić information content (AvgIpc) is 2.40. The van der Waals surface area contributed by atoms with Crippen molar-refractivity contribution in [2.24, 2.45) is 0 Å². The van der Waals surface area contributed by atoms with E-state index in [1.165, 1.54) is 0 Å². The molecule has 0 aromatic heterocycles. The normalized spacial score (nSPS) is 14.2. The second-order valence-electron chi connectivity index (χ2n) is 4.49. The van der Waals surface area contributed by atoms with Crippen LogP contribution in [0.4, 0.5) is 0 Å². The van der Waals surface area contributed by atoms with Gasteiger partial charge in [-0.3, -0.25) is 0 Å². The Balaban J connectivity index is 2.08. The SMILES string of the molecule is Cc1ccccc1[C@H](O)C[C@@H](Cl)c1ccccc1. The average molecular weight is 261 g/mol. The fraction of sp³-hybridized carbons (Fsp3) is 0.250. The van der Waals surface area contributed by atoms with E-state index in [1.807, 2.05) is 61.5 Å². The van der Waals surface area contributed by atoms with Gasteiger partial charge in [-0.05, 0) is 30.0 Å². The lowest BCUT2D eigenvalue weighted by atomic mass is 9.98. The van der Waals surface area contributed by atoms with Crippen molar-refractivity contribution >= 4 is 11.6 Å². The van der Waals surface area contributed by atoms with Crippen LogP contribution in [-0.2, 0) is 0 Å². The minimum absolute atomic E-state index is 0.166. The van der Waals surface area contributed by atoms with Gasteiger partial charge in [0.05, 0.1) is 11.5 Å². The van der Waals surface area contributed by atoms with Crippen molar-refractivity contribution in [1.29, 1.82) is 0 Å². The molecule has 0 amide bonds. The van der Waals surface area contributed by atoms with Crippen LogP contribution < -0.4 is 0 Å². The molecule has 0 bridgehead atoms. The summed E-state index contributed by atoms with van der Waals surface area (Å²) >= 11 is 6.34. The van der Waals surface area contributed by atoms with E-state index < -0.39 is 6.10 Å². The summed E-state index contributed by atoms with van der Waals surface area (Å²) in [7, 11) is 0. The first-order valence-corrected chi connectivity index (χ1v) is 6.54. The van der Waals surface area contributed by atoms with Crippen molar-refractivity contribution in [2.45, 2.75) is 24.8 Å². The molecular formula is C16H17ClO. The van der Waals surface area contributed by atoms with E-state index in [4.69, 9.17) is 11.6 Å². The van der Waals surface area contributed by atoms with Crippen molar-refractivity contribution in [1.82, 2.24) is 0 Å². The number of rotatable bonds is 4. The van der Waals surface area contributed by atoms with E-state index in [1.54, 1.807) is 0 Å². The van der Waals surface area contributed by atoms with Crippen LogP contribution in [-0.4, -0.2) is 5.11 Å². The number of benzene rings is 2. The molecular weight excluding hydrogens is 244 g/mol. The Morgan fingerprint density at radius 3 is 2.28 bits per heavy atom. The third-order valence-corrected chi connectivity index (χ3v) is 3.57. The molecule has 0 fully saturated rings. The number of aliphatic hydroxyl groups is 1. The molecule has 0 radical (unpaired) electrons. The van der Waals surface area contributed by atoms with E-state index in [0.29, 0.717) is 6.42 Å². The molecule has 2 aromatic rings. The minimum Gasteiger partial charge on any atom is -0.388 e. The van der Waals surface area contributed by atoms with Crippen molar-refractivity contribution in [3.8, 4) is 0 Å². The summed E-state index contributed by atoms with van der Waals surface area (Å²) in [6.45, 7) is 2.00. The molecule has 1 nitrogen and oxygen atoms in total. The smallest absolute Gasteiger partial charge is 0.0810 e. The molecule has 0 aliphatic carbocycles. The number of hydrogen-bond acceptors (Lipinski definition) is 1. The second kappa shape index (κ2) is 6.03. The van der Waals surface area contributed by atoms with Gasteiger partial charge in [0.2, 0.25) is 0 Å². The van der Waals surface area contributed by atoms with Crippen LogP contribution in [0.3, 0.4) is 0 Å². The van der Waals surface area contributed by atoms with E-state index in [-0.39, 0.29) is 5.38 Å². The van der Waals surface area contributed by atoms with Crippen LogP contribution in [0.15, 0.2) is 54.6 Å². The van der Waals surface area contributed by atoms with Gasteiger partial charge in [-0.1, -0.05) is 54.6 Å². The van der Waals surface area contributed by atoms with Crippen molar-refractivity contribution < 1.29 is 5.11 Å². The maximum absolute atomic E-state index is 10.2. The van der Waals surface area contributed by atoms with Gasteiger partial charge in [0.25, 0.3) is 0 Å². The number of aryl methyl sites for hydroxylation is 1. The van der Waals surface area contributed by atoms with E-state index in [9.17, 15) is 5.11 Å². The first-order chi connectivity index (χ1) is 8.68. The van der Waals surface area contributed by atoms with Crippen molar-refractivity contribution in [3.05, 3.63) is 71.3 Å². The van der Waals surface area contributed by atoms with E-state index in [2.05, 4.69) is 0 Å². The van der Waals surface area contributed by atoms with Crippen LogP contribution in [0, 0.1) is 6.92 Å². The molecule has 0 saturated carbocycles. The maximum atomic E-state index is 10.2. The highest BCUT2D eigenvalue weighted by atomic mass is 35.5. The highest BCUT2D eigenvalue weighted by Gasteiger charge is 2.16. The molecule has 2 heteroatoms. The molecule has 0 saturated heterocycles. The van der Waals surface area contributed by atoms with Crippen LogP contribution in [0.1, 0.15) is 34.6 Å². The van der Waals surface area contributed by atoms with Crippen LogP contribution in [0.2, 0.25) is 0 Å². The summed E-state index contributed by atoms with van der Waals surface area (Å²) in [6.07, 6.45) is 0.00470. The van der Waals surface area contributed by atoms with Gasteiger partial charge in [0.15, 0.2) is 0 Å². The predicted octanol–water partition coefficient (Wildman–Crippen LogP) is 4.40. The lowest BCUT2D eigenvalue weighted by molar-refractivity contribution is 0.165. The summed E-state index contributed by atoms with van der Waals surface area (Å²) in [5.41, 5.74) is 3.10. The zero-order valence-electron chi connectivity index (χ0n) is 10.4. The van der Waals surface area contributed by atoms with Crippen molar-refractivity contribution in [2.75, 3.05) is 0 Å². The number of halogens is 1. The molecule has 2 rings (SSSR count). The summed E-state index contributed by atoms with van der Waals surface area (Å²) in [4.78, 5) is 0. The molecule has 2 aromatic carbocycles. The predicted molar refractivity (Wildman–Crippen MR) is 75.8 cm³/mol. The molecule has 18 heavy (non-hydrogen) atoms. The Morgan fingerprint density at radius 1 is 1.00 bits per heavy atom. The van der Waals surface area contributed by atoms with Gasteiger partial charge in [-0.15, -0.1) is 11.6 Å². The first kappa shape index (κ1) is 13.1. The fourth-order valence-corrected chi connectivity index (χ4v) is 2.40. The van der Waals surface area contributed by atoms with Crippen LogP contribution in [0.5, 0.6) is 0 Å². The van der Waals surface area contributed by atoms with E-state index in [0.717, 1.165) is 16.7 Å². The Labute approximate surface area is 113 Å². The van der Waals surface area contributed by atoms with Crippen LogP contribution in [0.25, 0.3) is 0 Å². The summed E-state index contributed by atoms with van der Waals surface area (Å²) in [5.74, 6) is 0. The molecule has 1 N–H and O–H groups in total. The molecule has 0 spiro atoms. The monoisotopic (exact) mass is 260 g/mol. The Kier molecular flexibility index (Phi) is 4.40. The fourth-order valence-electron chi connectivity index (χ4n) is 2.08. The van der Waals surface area contributed by atoms with Crippen LogP contribution >= 0.6 is 11.6 Å².